The lowest BCUT2D eigenvalue weighted by Crippen LogP contribution is -2.07. The predicted molar refractivity (Wildman–Crippen MR) is 90.6 cm³/mol. The third-order valence-electron chi connectivity index (χ3n) is 3.65. The van der Waals surface area contributed by atoms with E-state index in [1.54, 1.807) is 6.08 Å². The molecule has 0 aliphatic rings. The third kappa shape index (κ3) is 2.67. The number of rotatable bonds is 5. The fraction of sp³-hybridized carbons (Fsp3) is 0.176. The molecule has 1 N–H and O–H groups in total. The Balaban J connectivity index is 1.87. The fourth-order valence-corrected chi connectivity index (χ4v) is 2.71. The van der Waals surface area contributed by atoms with E-state index in [0.717, 1.165) is 17.1 Å². The molecule has 0 saturated carbocycles. The van der Waals surface area contributed by atoms with E-state index < -0.39 is 0 Å². The molecule has 22 heavy (non-hydrogen) atoms. The van der Waals surface area contributed by atoms with Gasteiger partial charge in [-0.1, -0.05) is 36.4 Å². The van der Waals surface area contributed by atoms with E-state index in [2.05, 4.69) is 41.9 Å². The fourth-order valence-electron chi connectivity index (χ4n) is 2.48. The smallest absolute Gasteiger partial charge is 0.195 e. The maximum absolute atomic E-state index is 5.95. The number of nitrogens with one attached hydrogen (secondary N) is 1. The molecule has 3 rings (SSSR count). The lowest BCUT2D eigenvalue weighted by molar-refractivity contribution is 0.288. The highest BCUT2D eigenvalue weighted by Gasteiger charge is 2.08. The number of aromatic amines is 1. The van der Waals surface area contributed by atoms with Crippen molar-refractivity contribution < 1.29 is 4.74 Å². The van der Waals surface area contributed by atoms with Gasteiger partial charge < -0.3 is 4.74 Å². The van der Waals surface area contributed by atoms with Crippen LogP contribution in [0.15, 0.2) is 49.1 Å². The molecule has 0 atom stereocenters. The van der Waals surface area contributed by atoms with E-state index in [1.807, 2.05) is 22.8 Å². The Morgan fingerprint density at radius 1 is 1.32 bits per heavy atom. The zero-order valence-corrected chi connectivity index (χ0v) is 13.2. The van der Waals surface area contributed by atoms with Gasteiger partial charge in [0, 0.05) is 6.54 Å². The normalized spacial score (nSPS) is 10.8. The van der Waals surface area contributed by atoms with Crippen molar-refractivity contribution in [3.8, 4) is 5.75 Å². The standard InChI is InChI=1S/C17H17N3OS/c1-3-10-20-16(18-19-17(20)22)11-21-15-9-8-13-6-4-5-7-14(13)12(15)2/h3-9H,1,10-11H2,2H3,(H,19,22). The van der Waals surface area contributed by atoms with E-state index in [4.69, 9.17) is 17.0 Å². The molecule has 0 aliphatic heterocycles. The van der Waals surface area contributed by atoms with Gasteiger partial charge in [-0.2, -0.15) is 5.10 Å². The van der Waals surface area contributed by atoms with Crippen LogP contribution >= 0.6 is 12.2 Å². The third-order valence-corrected chi connectivity index (χ3v) is 3.97. The SMILES string of the molecule is C=CCn1c(COc2ccc3ccccc3c2C)n[nH]c1=S. The largest absolute Gasteiger partial charge is 0.485 e. The highest BCUT2D eigenvalue weighted by Crippen LogP contribution is 2.27. The number of aromatic nitrogens is 3. The first-order valence-corrected chi connectivity index (χ1v) is 7.47. The van der Waals surface area contributed by atoms with Crippen molar-refractivity contribution in [3.63, 3.8) is 0 Å². The van der Waals surface area contributed by atoms with Crippen LogP contribution in [-0.2, 0) is 13.2 Å². The molecule has 0 radical (unpaired) electrons. The first-order chi connectivity index (χ1) is 10.7. The molecular formula is C17H17N3OS. The highest BCUT2D eigenvalue weighted by atomic mass is 32.1. The van der Waals surface area contributed by atoms with E-state index >= 15 is 0 Å². The Labute approximate surface area is 134 Å². The summed E-state index contributed by atoms with van der Waals surface area (Å²) in [6, 6.07) is 12.3. The quantitative estimate of drug-likeness (QED) is 0.568. The number of hydrogen-bond acceptors (Lipinski definition) is 3. The number of ether oxygens (including phenoxy) is 1. The zero-order valence-electron chi connectivity index (χ0n) is 12.4. The molecule has 1 heterocycles. The number of H-pyrrole nitrogens is 1. The number of hydrogen-bond donors (Lipinski definition) is 1. The summed E-state index contributed by atoms with van der Waals surface area (Å²) in [4.78, 5) is 0. The molecule has 4 nitrogen and oxygen atoms in total. The number of benzene rings is 2. The van der Waals surface area contributed by atoms with Crippen molar-refractivity contribution in [1.29, 1.82) is 0 Å². The van der Waals surface area contributed by atoms with E-state index in [0.29, 0.717) is 17.9 Å². The Morgan fingerprint density at radius 3 is 2.95 bits per heavy atom. The minimum Gasteiger partial charge on any atom is -0.485 e. The average Bonchev–Trinajstić information content (AvgIpc) is 2.88. The zero-order chi connectivity index (χ0) is 15.5. The van der Waals surface area contributed by atoms with Crippen LogP contribution in [0.3, 0.4) is 0 Å². The van der Waals surface area contributed by atoms with Gasteiger partial charge in [-0.05, 0) is 41.5 Å². The van der Waals surface area contributed by atoms with Gasteiger partial charge >= 0.3 is 0 Å². The van der Waals surface area contributed by atoms with Gasteiger partial charge in [0.15, 0.2) is 10.6 Å². The summed E-state index contributed by atoms with van der Waals surface area (Å²) >= 11 is 5.20. The molecule has 0 saturated heterocycles. The molecule has 0 spiro atoms. The van der Waals surface area contributed by atoms with Crippen molar-refractivity contribution in [2.24, 2.45) is 0 Å². The Kier molecular flexibility index (Phi) is 4.06. The second kappa shape index (κ2) is 6.15. The molecule has 0 aliphatic carbocycles. The maximum Gasteiger partial charge on any atom is 0.195 e. The molecule has 0 bridgehead atoms. The average molecular weight is 311 g/mol. The van der Waals surface area contributed by atoms with Gasteiger partial charge in [0.1, 0.15) is 12.4 Å². The Bertz CT molecular complexity index is 879. The summed E-state index contributed by atoms with van der Waals surface area (Å²) in [6.45, 7) is 6.78. The second-order valence-corrected chi connectivity index (χ2v) is 5.43. The topological polar surface area (TPSA) is 42.8 Å². The van der Waals surface area contributed by atoms with Gasteiger partial charge in [0.05, 0.1) is 0 Å². The van der Waals surface area contributed by atoms with Crippen LogP contribution in [-0.4, -0.2) is 14.8 Å². The molecule has 0 unspecified atom stereocenters. The predicted octanol–water partition coefficient (Wildman–Crippen LogP) is 4.17. The summed E-state index contributed by atoms with van der Waals surface area (Å²) in [5, 5.41) is 9.41. The van der Waals surface area contributed by atoms with Crippen LogP contribution in [0, 0.1) is 11.7 Å². The summed E-state index contributed by atoms with van der Waals surface area (Å²) in [7, 11) is 0. The van der Waals surface area contributed by atoms with Crippen LogP contribution in [0.2, 0.25) is 0 Å². The molecule has 0 fully saturated rings. The van der Waals surface area contributed by atoms with Crippen molar-refractivity contribution in [2.45, 2.75) is 20.1 Å². The molecule has 5 heteroatoms. The van der Waals surface area contributed by atoms with Gasteiger partial charge in [0.2, 0.25) is 0 Å². The summed E-state index contributed by atoms with van der Waals surface area (Å²) in [5.74, 6) is 1.62. The minimum absolute atomic E-state index is 0.361. The van der Waals surface area contributed by atoms with Crippen LogP contribution in [0.1, 0.15) is 11.4 Å². The van der Waals surface area contributed by atoms with Gasteiger partial charge in [-0.25, -0.2) is 0 Å². The van der Waals surface area contributed by atoms with Crippen molar-refractivity contribution in [1.82, 2.24) is 14.8 Å². The van der Waals surface area contributed by atoms with Gasteiger partial charge in [0.25, 0.3) is 0 Å². The second-order valence-electron chi connectivity index (χ2n) is 5.04. The first-order valence-electron chi connectivity index (χ1n) is 7.07. The molecular weight excluding hydrogens is 294 g/mol. The van der Waals surface area contributed by atoms with Crippen molar-refractivity contribution in [3.05, 3.63) is 65.2 Å². The lowest BCUT2D eigenvalue weighted by Gasteiger charge is -2.11. The lowest BCUT2D eigenvalue weighted by atomic mass is 10.0. The minimum atomic E-state index is 0.361. The molecule has 1 aromatic heterocycles. The number of aryl methyl sites for hydroxylation is 1. The van der Waals surface area contributed by atoms with Crippen LogP contribution in [0.4, 0.5) is 0 Å². The van der Waals surface area contributed by atoms with Crippen LogP contribution in [0.5, 0.6) is 5.75 Å². The van der Waals surface area contributed by atoms with Gasteiger partial charge in [-0.3, -0.25) is 9.67 Å². The molecule has 112 valence electrons. The molecule has 3 aromatic rings. The summed E-state index contributed by atoms with van der Waals surface area (Å²) in [6.07, 6.45) is 1.79. The Morgan fingerprint density at radius 2 is 2.14 bits per heavy atom. The van der Waals surface area contributed by atoms with E-state index in [-0.39, 0.29) is 0 Å². The van der Waals surface area contributed by atoms with E-state index in [9.17, 15) is 0 Å². The van der Waals surface area contributed by atoms with Crippen LogP contribution < -0.4 is 4.74 Å². The summed E-state index contributed by atoms with van der Waals surface area (Å²) < 4.78 is 8.40. The first kappa shape index (κ1) is 14.5. The molecule has 2 aromatic carbocycles. The highest BCUT2D eigenvalue weighted by molar-refractivity contribution is 7.71. The monoisotopic (exact) mass is 311 g/mol. The number of allylic oxidation sites excluding steroid dienone is 1. The number of fused-ring (bicyclic) bond motifs is 1. The maximum atomic E-state index is 5.95. The van der Waals surface area contributed by atoms with E-state index in [1.165, 1.54) is 10.8 Å². The summed E-state index contributed by atoms with van der Waals surface area (Å²) in [5.41, 5.74) is 1.13. The Hall–Kier alpha value is -2.40. The van der Waals surface area contributed by atoms with Crippen molar-refractivity contribution in [2.75, 3.05) is 0 Å². The van der Waals surface area contributed by atoms with Gasteiger partial charge in [-0.15, -0.1) is 6.58 Å². The van der Waals surface area contributed by atoms with Crippen molar-refractivity contribution >= 4 is 23.0 Å². The van der Waals surface area contributed by atoms with Crippen LogP contribution in [0.25, 0.3) is 10.8 Å². The number of nitrogens with zero attached hydrogens (tertiary/aromatic N) is 2. The molecule has 0 amide bonds.